The number of thiophene rings is 1. The normalized spacial score (nSPS) is 12.5. The largest absolute Gasteiger partial charge is 0.314 e. The summed E-state index contributed by atoms with van der Waals surface area (Å²) in [5, 5.41) is 5.71. The Hall–Kier alpha value is -1.19. The lowest BCUT2D eigenvalue weighted by atomic mass is 10.0. The van der Waals surface area contributed by atoms with E-state index in [-0.39, 0.29) is 0 Å². The van der Waals surface area contributed by atoms with Crippen LogP contribution in [-0.4, -0.2) is 17.6 Å². The summed E-state index contributed by atoms with van der Waals surface area (Å²) in [6, 6.07) is 11.0. The van der Waals surface area contributed by atoms with Crippen molar-refractivity contribution in [2.45, 2.75) is 32.2 Å². The smallest absolute Gasteiger partial charge is 0.0419 e. The van der Waals surface area contributed by atoms with E-state index in [1.165, 1.54) is 17.0 Å². The fourth-order valence-electron chi connectivity index (χ4n) is 2.11. The van der Waals surface area contributed by atoms with Crippen LogP contribution in [0.2, 0.25) is 0 Å². The number of hydrogen-bond acceptors (Lipinski definition) is 3. The van der Waals surface area contributed by atoms with Crippen LogP contribution in [-0.2, 0) is 12.8 Å². The molecule has 1 atom stereocenters. The minimum Gasteiger partial charge on any atom is -0.314 e. The molecule has 0 radical (unpaired) electrons. The van der Waals surface area contributed by atoms with Gasteiger partial charge in [0.1, 0.15) is 0 Å². The Kier molecular flexibility index (Phi) is 5.36. The molecular weight excluding hydrogens is 240 g/mol. The van der Waals surface area contributed by atoms with Crippen molar-refractivity contribution in [1.29, 1.82) is 0 Å². The van der Waals surface area contributed by atoms with Gasteiger partial charge in [-0.3, -0.25) is 4.98 Å². The van der Waals surface area contributed by atoms with Crippen LogP contribution in [0.1, 0.15) is 23.9 Å². The van der Waals surface area contributed by atoms with Crippen LogP contribution >= 0.6 is 11.3 Å². The van der Waals surface area contributed by atoms with Crippen LogP contribution in [0.4, 0.5) is 0 Å². The molecule has 0 aliphatic heterocycles. The summed E-state index contributed by atoms with van der Waals surface area (Å²) in [5.41, 5.74) is 1.18. The van der Waals surface area contributed by atoms with Gasteiger partial charge >= 0.3 is 0 Å². The van der Waals surface area contributed by atoms with Gasteiger partial charge in [0.2, 0.25) is 0 Å². The fourth-order valence-corrected chi connectivity index (χ4v) is 2.83. The number of nitrogens with zero attached hydrogens (tertiary/aromatic N) is 1. The molecule has 2 heterocycles. The van der Waals surface area contributed by atoms with Crippen molar-refractivity contribution in [3.8, 4) is 0 Å². The summed E-state index contributed by atoms with van der Waals surface area (Å²) in [4.78, 5) is 5.88. The van der Waals surface area contributed by atoms with Gasteiger partial charge in [-0.25, -0.2) is 0 Å². The topological polar surface area (TPSA) is 24.9 Å². The van der Waals surface area contributed by atoms with Gasteiger partial charge in [-0.15, -0.1) is 11.3 Å². The molecule has 0 spiro atoms. The summed E-state index contributed by atoms with van der Waals surface area (Å²) in [6.07, 6.45) is 5.21. The minimum atomic E-state index is 0.520. The minimum absolute atomic E-state index is 0.520. The Morgan fingerprint density at radius 1 is 1.28 bits per heavy atom. The van der Waals surface area contributed by atoms with Crippen LogP contribution in [0.3, 0.4) is 0 Å². The third-order valence-electron chi connectivity index (χ3n) is 2.99. The van der Waals surface area contributed by atoms with Crippen molar-refractivity contribution >= 4 is 11.3 Å². The first-order valence-corrected chi connectivity index (χ1v) is 7.42. The number of pyridine rings is 1. The lowest BCUT2D eigenvalue weighted by molar-refractivity contribution is 0.488. The van der Waals surface area contributed by atoms with Crippen LogP contribution < -0.4 is 5.32 Å². The van der Waals surface area contributed by atoms with Crippen LogP contribution in [0.15, 0.2) is 41.9 Å². The molecule has 0 fully saturated rings. The summed E-state index contributed by atoms with van der Waals surface area (Å²) < 4.78 is 0. The van der Waals surface area contributed by atoms with E-state index < -0.39 is 0 Å². The molecule has 1 unspecified atom stereocenters. The SMILES string of the molecule is CCNC(CCc1cccs1)Cc1ccccn1. The Morgan fingerprint density at radius 2 is 2.22 bits per heavy atom. The first-order chi connectivity index (χ1) is 8.88. The highest BCUT2D eigenvalue weighted by atomic mass is 32.1. The lowest BCUT2D eigenvalue weighted by Gasteiger charge is -2.17. The summed E-state index contributed by atoms with van der Waals surface area (Å²) in [7, 11) is 0. The molecule has 2 aromatic rings. The maximum absolute atomic E-state index is 4.41. The van der Waals surface area contributed by atoms with Gasteiger partial charge in [-0.2, -0.15) is 0 Å². The number of rotatable bonds is 7. The molecule has 96 valence electrons. The molecule has 0 saturated heterocycles. The Morgan fingerprint density at radius 3 is 2.89 bits per heavy atom. The third kappa shape index (κ3) is 4.24. The van der Waals surface area contributed by atoms with Crippen molar-refractivity contribution < 1.29 is 0 Å². The van der Waals surface area contributed by atoms with Crippen LogP contribution in [0.25, 0.3) is 0 Å². The molecule has 18 heavy (non-hydrogen) atoms. The van der Waals surface area contributed by atoms with E-state index in [0.717, 1.165) is 19.4 Å². The van der Waals surface area contributed by atoms with Crippen molar-refractivity contribution in [2.75, 3.05) is 6.54 Å². The second-order valence-electron chi connectivity index (χ2n) is 4.40. The van der Waals surface area contributed by atoms with E-state index in [9.17, 15) is 0 Å². The zero-order valence-corrected chi connectivity index (χ0v) is 11.6. The number of aromatic nitrogens is 1. The molecule has 3 heteroatoms. The van der Waals surface area contributed by atoms with Gasteiger partial charge in [0.15, 0.2) is 0 Å². The van der Waals surface area contributed by atoms with Gasteiger partial charge in [0.25, 0.3) is 0 Å². The number of hydrogen-bond donors (Lipinski definition) is 1. The molecule has 0 saturated carbocycles. The molecule has 2 nitrogen and oxygen atoms in total. The Bertz CT molecular complexity index is 425. The van der Waals surface area contributed by atoms with Gasteiger partial charge in [0, 0.05) is 29.2 Å². The fraction of sp³-hybridized carbons (Fsp3) is 0.400. The maximum atomic E-state index is 4.41. The van der Waals surface area contributed by atoms with E-state index in [1.807, 2.05) is 23.6 Å². The zero-order chi connectivity index (χ0) is 12.6. The standard InChI is InChI=1S/C15H20N2S/c1-2-16-14(8-9-15-7-5-11-18-15)12-13-6-3-4-10-17-13/h3-7,10-11,14,16H,2,8-9,12H2,1H3. The third-order valence-corrected chi connectivity index (χ3v) is 3.93. The van der Waals surface area contributed by atoms with Crippen molar-refractivity contribution in [3.05, 3.63) is 52.5 Å². The number of likely N-dealkylation sites (N-methyl/N-ethyl adjacent to an activating group) is 1. The van der Waals surface area contributed by atoms with Crippen LogP contribution in [0.5, 0.6) is 0 Å². The second kappa shape index (κ2) is 7.29. The predicted molar refractivity (Wildman–Crippen MR) is 78.0 cm³/mol. The Labute approximate surface area is 113 Å². The molecule has 1 N–H and O–H groups in total. The summed E-state index contributed by atoms with van der Waals surface area (Å²) in [6.45, 7) is 3.18. The molecule has 0 amide bonds. The Balaban J connectivity index is 1.87. The van der Waals surface area contributed by atoms with Crippen molar-refractivity contribution in [1.82, 2.24) is 10.3 Å². The van der Waals surface area contributed by atoms with Gasteiger partial charge in [-0.05, 0) is 43.0 Å². The predicted octanol–water partition coefficient (Wildman–Crippen LogP) is 3.30. The van der Waals surface area contributed by atoms with Gasteiger partial charge in [0.05, 0.1) is 0 Å². The van der Waals surface area contributed by atoms with Gasteiger partial charge < -0.3 is 5.32 Å². The molecule has 0 aliphatic rings. The highest BCUT2D eigenvalue weighted by Crippen LogP contribution is 2.13. The van der Waals surface area contributed by atoms with E-state index in [1.54, 1.807) is 0 Å². The van der Waals surface area contributed by atoms with E-state index in [2.05, 4.69) is 46.9 Å². The molecule has 2 rings (SSSR count). The quantitative estimate of drug-likeness (QED) is 0.826. The first-order valence-electron chi connectivity index (χ1n) is 6.54. The van der Waals surface area contributed by atoms with Crippen molar-refractivity contribution in [3.63, 3.8) is 0 Å². The average Bonchev–Trinajstić information content (AvgIpc) is 2.91. The second-order valence-corrected chi connectivity index (χ2v) is 5.43. The highest BCUT2D eigenvalue weighted by Gasteiger charge is 2.09. The van der Waals surface area contributed by atoms with Gasteiger partial charge in [-0.1, -0.05) is 19.1 Å². The number of aryl methyl sites for hydroxylation is 1. The molecule has 0 bridgehead atoms. The van der Waals surface area contributed by atoms with Crippen LogP contribution in [0, 0.1) is 0 Å². The van der Waals surface area contributed by atoms with E-state index in [4.69, 9.17) is 0 Å². The maximum Gasteiger partial charge on any atom is 0.0419 e. The number of nitrogens with one attached hydrogen (secondary N) is 1. The lowest BCUT2D eigenvalue weighted by Crippen LogP contribution is -2.31. The van der Waals surface area contributed by atoms with E-state index >= 15 is 0 Å². The zero-order valence-electron chi connectivity index (χ0n) is 10.8. The summed E-state index contributed by atoms with van der Waals surface area (Å²) >= 11 is 1.85. The molecular formula is C15H20N2S. The van der Waals surface area contributed by atoms with E-state index in [0.29, 0.717) is 6.04 Å². The monoisotopic (exact) mass is 260 g/mol. The average molecular weight is 260 g/mol. The molecule has 0 aliphatic carbocycles. The van der Waals surface area contributed by atoms with Crippen molar-refractivity contribution in [2.24, 2.45) is 0 Å². The summed E-state index contributed by atoms with van der Waals surface area (Å²) in [5.74, 6) is 0. The molecule has 0 aromatic carbocycles. The first kappa shape index (κ1) is 13.2. The molecule has 2 aromatic heterocycles. The highest BCUT2D eigenvalue weighted by molar-refractivity contribution is 7.09.